The van der Waals surface area contributed by atoms with Gasteiger partial charge < -0.3 is 42.3 Å². The van der Waals surface area contributed by atoms with Gasteiger partial charge in [0.15, 0.2) is 0 Å². The maximum Gasteiger partial charge on any atom is 0.323 e. The van der Waals surface area contributed by atoms with E-state index in [1.807, 2.05) is 39.0 Å². The monoisotopic (exact) mass is 713 g/mol. The molecule has 0 radical (unpaired) electrons. The van der Waals surface area contributed by atoms with Gasteiger partial charge in [-0.05, 0) is 60.2 Å². The topological polar surface area (TPSA) is 229 Å². The van der Waals surface area contributed by atoms with Gasteiger partial charge in [0.05, 0.1) is 12.8 Å². The summed E-state index contributed by atoms with van der Waals surface area (Å²) in [5.41, 5.74) is 9.14. The molecular weight excluding hydrogens is 670 g/mol. The van der Waals surface area contributed by atoms with Gasteiger partial charge in [0.2, 0.25) is 29.5 Å². The molecule has 1 aliphatic heterocycles. The minimum atomic E-state index is -1.59. The quantitative estimate of drug-likeness (QED) is 0.123. The largest absolute Gasteiger partial charge is 0.481 e. The van der Waals surface area contributed by atoms with Crippen molar-refractivity contribution in [2.24, 2.45) is 11.7 Å². The number of primary amides is 1. The zero-order valence-corrected chi connectivity index (χ0v) is 29.1. The predicted molar refractivity (Wildman–Crippen MR) is 193 cm³/mol. The Kier molecular flexibility index (Phi) is 13.1. The highest BCUT2D eigenvalue weighted by Gasteiger charge is 2.37. The lowest BCUT2D eigenvalue weighted by molar-refractivity contribution is -0.141. The number of aliphatic carboxylic acids is 1. The number of carboxylic acid groups (broad SMARTS) is 1. The molecule has 8 N–H and O–H groups in total. The molecule has 3 atom stereocenters. The normalized spacial score (nSPS) is 14.7. The predicted octanol–water partition coefficient (Wildman–Crippen LogP) is 2.23. The number of aryl methyl sites for hydroxylation is 1. The van der Waals surface area contributed by atoms with Crippen molar-refractivity contribution in [1.29, 1.82) is 0 Å². The van der Waals surface area contributed by atoms with E-state index in [0.717, 1.165) is 10.5 Å². The van der Waals surface area contributed by atoms with Crippen LogP contribution in [0.5, 0.6) is 0 Å². The Labute approximate surface area is 300 Å². The molecule has 274 valence electrons. The van der Waals surface area contributed by atoms with E-state index < -0.39 is 72.6 Å². The fourth-order valence-corrected chi connectivity index (χ4v) is 5.76. The van der Waals surface area contributed by atoms with Crippen molar-refractivity contribution in [2.45, 2.75) is 64.6 Å². The Morgan fingerprint density at radius 1 is 0.865 bits per heavy atom. The molecule has 3 aromatic rings. The number of amides is 7. The summed E-state index contributed by atoms with van der Waals surface area (Å²) < 4.78 is 0. The van der Waals surface area contributed by atoms with Gasteiger partial charge in [0.25, 0.3) is 0 Å². The van der Waals surface area contributed by atoms with E-state index in [0.29, 0.717) is 28.2 Å². The van der Waals surface area contributed by atoms with Crippen molar-refractivity contribution in [3.8, 4) is 0 Å². The lowest BCUT2D eigenvalue weighted by Crippen LogP contribution is -2.59. The summed E-state index contributed by atoms with van der Waals surface area (Å²) in [6.45, 7) is 5.11. The van der Waals surface area contributed by atoms with E-state index in [1.54, 1.807) is 54.6 Å². The van der Waals surface area contributed by atoms with E-state index in [2.05, 4.69) is 26.6 Å². The highest BCUT2D eigenvalue weighted by Crippen LogP contribution is 2.27. The van der Waals surface area contributed by atoms with Crippen LogP contribution in [0.25, 0.3) is 0 Å². The van der Waals surface area contributed by atoms with Crippen LogP contribution >= 0.6 is 0 Å². The number of nitrogens with zero attached hydrogens (tertiary/aromatic N) is 1. The molecule has 52 heavy (non-hydrogen) atoms. The number of carbonyl (C=O) groups excluding carboxylic acids is 6. The summed E-state index contributed by atoms with van der Waals surface area (Å²) in [5, 5.41) is 22.7. The van der Waals surface area contributed by atoms with Crippen molar-refractivity contribution >= 4 is 58.6 Å². The first kappa shape index (κ1) is 38.6. The van der Waals surface area contributed by atoms with Crippen molar-refractivity contribution in [2.75, 3.05) is 22.1 Å². The highest BCUT2D eigenvalue weighted by atomic mass is 16.4. The molecule has 0 saturated heterocycles. The van der Waals surface area contributed by atoms with Crippen LogP contribution in [0.15, 0.2) is 72.8 Å². The van der Waals surface area contributed by atoms with Gasteiger partial charge >= 0.3 is 12.0 Å². The Morgan fingerprint density at radius 3 is 2.19 bits per heavy atom. The van der Waals surface area contributed by atoms with Crippen LogP contribution in [0.2, 0.25) is 0 Å². The molecule has 0 aliphatic carbocycles. The summed E-state index contributed by atoms with van der Waals surface area (Å²) >= 11 is 0. The first-order valence-electron chi connectivity index (χ1n) is 16.7. The Balaban J connectivity index is 1.38. The maximum absolute atomic E-state index is 13.5. The fourth-order valence-electron chi connectivity index (χ4n) is 5.76. The van der Waals surface area contributed by atoms with Crippen LogP contribution < -0.4 is 37.2 Å². The molecule has 1 unspecified atom stereocenters. The van der Waals surface area contributed by atoms with Crippen molar-refractivity contribution in [3.63, 3.8) is 0 Å². The summed E-state index contributed by atoms with van der Waals surface area (Å²) in [6, 6.07) is 16.4. The number of benzene rings is 3. The number of rotatable bonds is 15. The Morgan fingerprint density at radius 2 is 1.54 bits per heavy atom. The molecule has 0 fully saturated rings. The van der Waals surface area contributed by atoms with Crippen LogP contribution in [0.3, 0.4) is 0 Å². The van der Waals surface area contributed by atoms with Crippen molar-refractivity contribution < 1.29 is 38.7 Å². The standard InChI is InChI=1S/C37H43N7O8/c1-21(2)16-27(40-32(46)17-23-12-14-25(15-13-23)39-37(52)43-26-10-6-4-8-22(26)3)34(49)41-28(19-33(47)48)35(50)42-29-18-24-9-5-7-11-30(24)44(36(29)51)20-31(38)45/h4-15,21,27-29H,16-20H2,1-3H3,(H2,38,45)(H,40,46)(H,41,49)(H,42,50)(H,47,48)(H2,39,43,52)/t27-,28-,29?/m0/s1. The second kappa shape index (κ2) is 17.6. The summed E-state index contributed by atoms with van der Waals surface area (Å²) in [7, 11) is 0. The molecular formula is C37H43N7O8. The van der Waals surface area contributed by atoms with Gasteiger partial charge in [-0.1, -0.05) is 62.4 Å². The van der Waals surface area contributed by atoms with Crippen LogP contribution in [0, 0.1) is 12.8 Å². The summed E-state index contributed by atoms with van der Waals surface area (Å²) in [6.07, 6.45) is -0.666. The number of carbonyl (C=O) groups is 7. The fraction of sp³-hybridized carbons (Fsp3) is 0.324. The number of hydrogen-bond donors (Lipinski definition) is 7. The van der Waals surface area contributed by atoms with Crippen molar-refractivity contribution in [1.82, 2.24) is 16.0 Å². The third kappa shape index (κ3) is 10.9. The number of fused-ring (bicyclic) bond motifs is 1. The zero-order chi connectivity index (χ0) is 37.9. The van der Waals surface area contributed by atoms with Gasteiger partial charge in [-0.3, -0.25) is 28.8 Å². The lowest BCUT2D eigenvalue weighted by atomic mass is 9.96. The third-order valence-electron chi connectivity index (χ3n) is 8.24. The first-order chi connectivity index (χ1) is 24.7. The second-order valence-electron chi connectivity index (χ2n) is 13.0. The van der Waals surface area contributed by atoms with Crippen LogP contribution in [-0.2, 0) is 41.6 Å². The molecule has 4 rings (SSSR count). The third-order valence-corrected chi connectivity index (χ3v) is 8.24. The number of nitrogens with two attached hydrogens (primary N) is 1. The molecule has 0 bridgehead atoms. The number of carboxylic acids is 1. The van der Waals surface area contributed by atoms with Gasteiger partial charge in [0.1, 0.15) is 24.7 Å². The average molecular weight is 714 g/mol. The van der Waals surface area contributed by atoms with E-state index in [1.165, 1.54) is 0 Å². The van der Waals surface area contributed by atoms with Gasteiger partial charge in [-0.25, -0.2) is 4.79 Å². The van der Waals surface area contributed by atoms with Crippen LogP contribution in [-0.4, -0.2) is 71.3 Å². The molecule has 1 aliphatic rings. The number of nitrogens with one attached hydrogen (secondary N) is 5. The first-order valence-corrected chi connectivity index (χ1v) is 16.7. The van der Waals surface area contributed by atoms with Gasteiger partial charge in [-0.15, -0.1) is 0 Å². The molecule has 15 heteroatoms. The molecule has 3 aromatic carbocycles. The molecule has 1 heterocycles. The van der Waals surface area contributed by atoms with E-state index in [4.69, 9.17) is 5.73 Å². The van der Waals surface area contributed by atoms with E-state index in [-0.39, 0.29) is 25.2 Å². The van der Waals surface area contributed by atoms with E-state index in [9.17, 15) is 38.7 Å². The molecule has 15 nitrogen and oxygen atoms in total. The van der Waals surface area contributed by atoms with E-state index >= 15 is 0 Å². The van der Waals surface area contributed by atoms with Crippen molar-refractivity contribution in [3.05, 3.63) is 89.5 Å². The summed E-state index contributed by atoms with van der Waals surface area (Å²) in [5.74, 6) is -5.05. The Bertz CT molecular complexity index is 1830. The Hall–Kier alpha value is -6.25. The smallest absolute Gasteiger partial charge is 0.323 e. The summed E-state index contributed by atoms with van der Waals surface area (Å²) in [4.78, 5) is 90.3. The zero-order valence-electron chi connectivity index (χ0n) is 29.1. The minimum absolute atomic E-state index is 0.0629. The molecule has 0 saturated carbocycles. The number of hydrogen-bond acceptors (Lipinski definition) is 7. The minimum Gasteiger partial charge on any atom is -0.481 e. The highest BCUT2D eigenvalue weighted by molar-refractivity contribution is 6.06. The molecule has 0 spiro atoms. The van der Waals surface area contributed by atoms with Gasteiger partial charge in [0, 0.05) is 23.5 Å². The van der Waals surface area contributed by atoms with Crippen LogP contribution in [0.4, 0.5) is 21.9 Å². The maximum atomic E-state index is 13.5. The number of anilines is 3. The number of para-hydroxylation sites is 2. The lowest BCUT2D eigenvalue weighted by Gasteiger charge is -2.34. The molecule has 0 aromatic heterocycles. The SMILES string of the molecule is Cc1ccccc1NC(=O)Nc1ccc(CC(=O)N[C@@H](CC(C)C)C(=O)N[C@@H](CC(=O)O)C(=O)NC2Cc3ccccc3N(CC(N)=O)C2=O)cc1. The van der Waals surface area contributed by atoms with Crippen LogP contribution in [0.1, 0.15) is 43.4 Å². The number of urea groups is 1. The second-order valence-corrected chi connectivity index (χ2v) is 13.0. The molecule has 7 amide bonds. The average Bonchev–Trinajstić information content (AvgIpc) is 3.07. The van der Waals surface area contributed by atoms with Gasteiger partial charge in [-0.2, -0.15) is 0 Å².